The van der Waals surface area contributed by atoms with E-state index in [0.29, 0.717) is 25.4 Å². The van der Waals surface area contributed by atoms with Gasteiger partial charge in [-0.1, -0.05) is 13.8 Å². The van der Waals surface area contributed by atoms with Crippen molar-refractivity contribution in [2.24, 2.45) is 11.7 Å². The Labute approximate surface area is 139 Å². The first kappa shape index (κ1) is 17.1. The topological polar surface area (TPSA) is 72.1 Å². The summed E-state index contributed by atoms with van der Waals surface area (Å²) < 4.78 is 0. The van der Waals surface area contributed by atoms with Gasteiger partial charge in [-0.3, -0.25) is 4.79 Å². The summed E-state index contributed by atoms with van der Waals surface area (Å²) in [6, 6.07) is -0.555. The van der Waals surface area contributed by atoms with E-state index in [0.717, 1.165) is 16.4 Å². The number of rotatable bonds is 7. The molecule has 2 N–H and O–H groups in total. The molecule has 5 nitrogen and oxygen atoms in total. The van der Waals surface area contributed by atoms with Crippen molar-refractivity contribution in [1.29, 1.82) is 0 Å². The monoisotopic (exact) mass is 338 g/mol. The van der Waals surface area contributed by atoms with E-state index in [4.69, 9.17) is 5.73 Å². The molecule has 2 rings (SSSR count). The number of carbonyl (C=O) groups is 1. The number of hydrogen-bond donors (Lipinski definition) is 1. The summed E-state index contributed by atoms with van der Waals surface area (Å²) in [5.41, 5.74) is 9.66. The molecule has 1 amide bonds. The molecule has 0 aliphatic rings. The third kappa shape index (κ3) is 4.86. The van der Waals surface area contributed by atoms with Crippen LogP contribution in [0, 0.1) is 12.8 Å². The van der Waals surface area contributed by atoms with E-state index in [9.17, 15) is 4.79 Å². The average molecular weight is 339 g/mol. The molecule has 0 saturated carbocycles. The zero-order valence-corrected chi connectivity index (χ0v) is 14.8. The Balaban J connectivity index is 2.04. The molecule has 0 bridgehead atoms. The van der Waals surface area contributed by atoms with Gasteiger partial charge in [-0.15, -0.1) is 22.7 Å². The number of nitrogens with zero attached hydrogens (tertiary/aromatic N) is 3. The average Bonchev–Trinajstić information content (AvgIpc) is 3.08. The molecule has 2 aromatic heterocycles. The van der Waals surface area contributed by atoms with Gasteiger partial charge in [-0.2, -0.15) is 0 Å². The predicted molar refractivity (Wildman–Crippen MR) is 90.9 cm³/mol. The first-order valence-electron chi connectivity index (χ1n) is 7.28. The molecular weight excluding hydrogens is 316 g/mol. The fourth-order valence-corrected chi connectivity index (χ4v) is 3.41. The molecule has 0 unspecified atom stereocenters. The molecule has 1 atom stereocenters. The number of aromatic nitrogens is 2. The van der Waals surface area contributed by atoms with E-state index >= 15 is 0 Å². The van der Waals surface area contributed by atoms with Gasteiger partial charge in [-0.25, -0.2) is 9.97 Å². The maximum atomic E-state index is 12.7. The molecule has 0 aromatic carbocycles. The normalized spacial score (nSPS) is 12.6. The van der Waals surface area contributed by atoms with Gasteiger partial charge in [0, 0.05) is 23.7 Å². The predicted octanol–water partition coefficient (Wildman–Crippen LogP) is 2.46. The Morgan fingerprint density at radius 1 is 1.36 bits per heavy atom. The van der Waals surface area contributed by atoms with Crippen molar-refractivity contribution in [3.05, 3.63) is 32.7 Å². The molecule has 0 radical (unpaired) electrons. The lowest BCUT2D eigenvalue weighted by molar-refractivity contribution is -0.133. The lowest BCUT2D eigenvalue weighted by Crippen LogP contribution is -2.46. The highest BCUT2D eigenvalue weighted by atomic mass is 32.1. The Bertz CT molecular complexity index is 594. The van der Waals surface area contributed by atoms with E-state index in [1.54, 1.807) is 16.8 Å². The maximum Gasteiger partial charge on any atom is 0.240 e. The molecule has 0 aliphatic carbocycles. The summed E-state index contributed by atoms with van der Waals surface area (Å²) >= 11 is 3.12. The van der Waals surface area contributed by atoms with E-state index in [2.05, 4.69) is 23.8 Å². The van der Waals surface area contributed by atoms with Gasteiger partial charge >= 0.3 is 0 Å². The molecule has 2 aromatic rings. The van der Waals surface area contributed by atoms with Crippen LogP contribution in [0.5, 0.6) is 0 Å². The summed E-state index contributed by atoms with van der Waals surface area (Å²) in [5, 5.41) is 4.95. The minimum atomic E-state index is -0.555. The zero-order valence-electron chi connectivity index (χ0n) is 13.2. The van der Waals surface area contributed by atoms with Crippen molar-refractivity contribution in [1.82, 2.24) is 14.9 Å². The van der Waals surface area contributed by atoms with E-state index in [-0.39, 0.29) is 5.91 Å². The summed E-state index contributed by atoms with van der Waals surface area (Å²) in [4.78, 5) is 23.1. The van der Waals surface area contributed by atoms with Crippen LogP contribution in [0.1, 0.15) is 30.2 Å². The minimum Gasteiger partial charge on any atom is -0.335 e. The second kappa shape index (κ2) is 7.80. The third-order valence-electron chi connectivity index (χ3n) is 3.15. The van der Waals surface area contributed by atoms with Crippen LogP contribution in [-0.2, 0) is 17.8 Å². The van der Waals surface area contributed by atoms with Gasteiger partial charge in [0.1, 0.15) is 0 Å². The highest BCUT2D eigenvalue weighted by Gasteiger charge is 2.23. The second-order valence-electron chi connectivity index (χ2n) is 5.76. The first-order valence-corrected chi connectivity index (χ1v) is 9.10. The number of thiazole rings is 2. The smallest absolute Gasteiger partial charge is 0.240 e. The fraction of sp³-hybridized carbons (Fsp3) is 0.533. The molecule has 22 heavy (non-hydrogen) atoms. The van der Waals surface area contributed by atoms with Crippen molar-refractivity contribution in [2.45, 2.75) is 39.8 Å². The number of nitrogens with two attached hydrogens (primary N) is 1. The summed E-state index contributed by atoms with van der Waals surface area (Å²) in [6.45, 7) is 7.36. The Kier molecular flexibility index (Phi) is 6.05. The lowest BCUT2D eigenvalue weighted by atomic mass is 10.1. The number of hydrogen-bond acceptors (Lipinski definition) is 6. The highest BCUT2D eigenvalue weighted by Crippen LogP contribution is 2.14. The van der Waals surface area contributed by atoms with Gasteiger partial charge in [0.25, 0.3) is 0 Å². The Hall–Kier alpha value is -1.31. The number of amides is 1. The second-order valence-corrected chi connectivity index (χ2v) is 7.54. The summed E-state index contributed by atoms with van der Waals surface area (Å²) in [6.07, 6.45) is 0.479. The van der Waals surface area contributed by atoms with Crippen LogP contribution in [0.15, 0.2) is 16.3 Å². The van der Waals surface area contributed by atoms with Gasteiger partial charge in [0.2, 0.25) is 5.91 Å². The largest absolute Gasteiger partial charge is 0.335 e. The molecule has 0 fully saturated rings. The number of aryl methyl sites for hydroxylation is 1. The van der Waals surface area contributed by atoms with Crippen molar-refractivity contribution in [3.63, 3.8) is 0 Å². The van der Waals surface area contributed by atoms with Crippen molar-refractivity contribution < 1.29 is 4.79 Å². The molecule has 7 heteroatoms. The highest BCUT2D eigenvalue weighted by molar-refractivity contribution is 7.09. The van der Waals surface area contributed by atoms with Crippen LogP contribution in [0.3, 0.4) is 0 Å². The van der Waals surface area contributed by atoms with Crippen LogP contribution in [0.25, 0.3) is 0 Å². The maximum absolute atomic E-state index is 12.7. The third-order valence-corrected chi connectivity index (χ3v) is 4.60. The Morgan fingerprint density at radius 3 is 2.68 bits per heavy atom. The SMILES string of the molecule is Cc1nc(CN(CC(C)C)C(=O)[C@@H](N)Cc2cscn2)cs1. The molecule has 2 heterocycles. The van der Waals surface area contributed by atoms with Crippen LogP contribution >= 0.6 is 22.7 Å². The van der Waals surface area contributed by atoms with Crippen molar-refractivity contribution in [2.75, 3.05) is 6.54 Å². The van der Waals surface area contributed by atoms with Crippen LogP contribution < -0.4 is 5.73 Å². The van der Waals surface area contributed by atoms with Crippen LogP contribution in [0.2, 0.25) is 0 Å². The fourth-order valence-electron chi connectivity index (χ4n) is 2.24. The van der Waals surface area contributed by atoms with Crippen LogP contribution in [0.4, 0.5) is 0 Å². The van der Waals surface area contributed by atoms with Crippen molar-refractivity contribution >= 4 is 28.6 Å². The first-order chi connectivity index (χ1) is 10.5. The molecule has 120 valence electrons. The van der Waals surface area contributed by atoms with E-state index < -0.39 is 6.04 Å². The van der Waals surface area contributed by atoms with Crippen molar-refractivity contribution in [3.8, 4) is 0 Å². The van der Waals surface area contributed by atoms with Gasteiger partial charge in [0.05, 0.1) is 34.5 Å². The lowest BCUT2D eigenvalue weighted by Gasteiger charge is -2.26. The van der Waals surface area contributed by atoms with Gasteiger partial charge in [0.15, 0.2) is 0 Å². The standard InChI is InChI=1S/C15H22N4OS2/c1-10(2)5-19(6-13-8-22-11(3)18-13)15(20)14(16)4-12-7-21-9-17-12/h7-10,14H,4-6,16H2,1-3H3/t14-/m0/s1. The number of carbonyl (C=O) groups excluding carboxylic acids is 1. The zero-order chi connectivity index (χ0) is 16.1. The van der Waals surface area contributed by atoms with Crippen LogP contribution in [-0.4, -0.2) is 33.4 Å². The van der Waals surface area contributed by atoms with Gasteiger partial charge < -0.3 is 10.6 Å². The van der Waals surface area contributed by atoms with E-state index in [1.807, 2.05) is 22.6 Å². The molecule has 0 saturated heterocycles. The summed E-state index contributed by atoms with van der Waals surface area (Å²) in [7, 11) is 0. The van der Waals surface area contributed by atoms with Gasteiger partial charge in [-0.05, 0) is 12.8 Å². The molecular formula is C15H22N4OS2. The summed E-state index contributed by atoms with van der Waals surface area (Å²) in [5.74, 6) is 0.350. The molecule has 0 aliphatic heterocycles. The Morgan fingerprint density at radius 2 is 2.14 bits per heavy atom. The van der Waals surface area contributed by atoms with E-state index in [1.165, 1.54) is 11.3 Å². The quantitative estimate of drug-likeness (QED) is 0.842. The minimum absolute atomic E-state index is 0.0349. The molecule has 0 spiro atoms.